The van der Waals surface area contributed by atoms with Crippen LogP contribution in [0.2, 0.25) is 0 Å². The standard InChI is InChI=1S/C11H15N5O4/c1-7(17)6-12-4-5-13-8-2-3-9(16(18)19)11-10(8)14-20-15-11/h2-3,7,12-13,17H,4-6H2,1H3. The van der Waals surface area contributed by atoms with Crippen molar-refractivity contribution >= 4 is 22.4 Å². The highest BCUT2D eigenvalue weighted by Gasteiger charge is 2.19. The summed E-state index contributed by atoms with van der Waals surface area (Å²) < 4.78 is 4.56. The summed E-state index contributed by atoms with van der Waals surface area (Å²) in [4.78, 5) is 10.3. The Balaban J connectivity index is 2.02. The predicted molar refractivity (Wildman–Crippen MR) is 71.5 cm³/mol. The molecule has 1 aromatic heterocycles. The van der Waals surface area contributed by atoms with Crippen molar-refractivity contribution in [3.63, 3.8) is 0 Å². The number of aliphatic hydroxyl groups is 1. The summed E-state index contributed by atoms with van der Waals surface area (Å²) in [5.41, 5.74) is 0.927. The number of rotatable bonds is 7. The number of non-ortho nitro benzene ring substituents is 1. The maximum atomic E-state index is 10.8. The molecule has 2 rings (SSSR count). The van der Waals surface area contributed by atoms with E-state index in [0.29, 0.717) is 30.8 Å². The lowest BCUT2D eigenvalue weighted by atomic mass is 10.2. The van der Waals surface area contributed by atoms with Gasteiger partial charge in [-0.15, -0.1) is 0 Å². The Bertz CT molecular complexity index is 598. The van der Waals surface area contributed by atoms with Gasteiger partial charge in [-0.2, -0.15) is 0 Å². The molecule has 0 spiro atoms. The molecule has 0 saturated heterocycles. The fourth-order valence-electron chi connectivity index (χ4n) is 1.74. The van der Waals surface area contributed by atoms with Crippen LogP contribution in [0.5, 0.6) is 0 Å². The first-order chi connectivity index (χ1) is 9.59. The number of aromatic nitrogens is 2. The zero-order chi connectivity index (χ0) is 14.5. The van der Waals surface area contributed by atoms with Crippen molar-refractivity contribution < 1.29 is 14.7 Å². The minimum atomic E-state index is -0.527. The molecular formula is C11H15N5O4. The number of anilines is 1. The van der Waals surface area contributed by atoms with E-state index in [1.54, 1.807) is 13.0 Å². The lowest BCUT2D eigenvalue weighted by Crippen LogP contribution is -2.28. The highest BCUT2D eigenvalue weighted by atomic mass is 16.6. The number of hydrogen-bond acceptors (Lipinski definition) is 8. The van der Waals surface area contributed by atoms with Gasteiger partial charge in [0.1, 0.15) is 0 Å². The first kappa shape index (κ1) is 14.2. The van der Waals surface area contributed by atoms with Crippen LogP contribution in [0.25, 0.3) is 11.0 Å². The van der Waals surface area contributed by atoms with Crippen molar-refractivity contribution in [2.45, 2.75) is 13.0 Å². The second-order valence-electron chi connectivity index (χ2n) is 4.33. The molecule has 0 aliphatic carbocycles. The number of nitro benzene ring substituents is 1. The zero-order valence-electron chi connectivity index (χ0n) is 10.9. The molecule has 3 N–H and O–H groups in total. The maximum absolute atomic E-state index is 10.8. The number of nitrogens with one attached hydrogen (secondary N) is 2. The van der Waals surface area contributed by atoms with Crippen molar-refractivity contribution in [2.75, 3.05) is 25.0 Å². The van der Waals surface area contributed by atoms with Crippen LogP contribution < -0.4 is 10.6 Å². The van der Waals surface area contributed by atoms with Gasteiger partial charge in [0.25, 0.3) is 0 Å². The van der Waals surface area contributed by atoms with Gasteiger partial charge in [0, 0.05) is 25.7 Å². The van der Waals surface area contributed by atoms with Crippen molar-refractivity contribution in [2.24, 2.45) is 0 Å². The summed E-state index contributed by atoms with van der Waals surface area (Å²) in [5, 5.41) is 33.3. The lowest BCUT2D eigenvalue weighted by Gasteiger charge is -2.09. The first-order valence-electron chi connectivity index (χ1n) is 6.12. The molecule has 0 saturated carbocycles. The van der Waals surface area contributed by atoms with E-state index in [1.165, 1.54) is 6.07 Å². The van der Waals surface area contributed by atoms with E-state index >= 15 is 0 Å². The summed E-state index contributed by atoms with van der Waals surface area (Å²) in [7, 11) is 0. The molecule has 108 valence electrons. The van der Waals surface area contributed by atoms with E-state index in [4.69, 9.17) is 5.11 Å². The van der Waals surface area contributed by atoms with Crippen molar-refractivity contribution in [3.8, 4) is 0 Å². The zero-order valence-corrected chi connectivity index (χ0v) is 10.9. The van der Waals surface area contributed by atoms with Crippen LogP contribution >= 0.6 is 0 Å². The Kier molecular flexibility index (Phi) is 4.43. The molecule has 0 aliphatic rings. The first-order valence-corrected chi connectivity index (χ1v) is 6.12. The van der Waals surface area contributed by atoms with Crippen LogP contribution in [-0.4, -0.2) is 46.1 Å². The monoisotopic (exact) mass is 281 g/mol. The molecule has 20 heavy (non-hydrogen) atoms. The Morgan fingerprint density at radius 2 is 2.15 bits per heavy atom. The molecule has 9 nitrogen and oxygen atoms in total. The van der Waals surface area contributed by atoms with Gasteiger partial charge in [0.05, 0.1) is 16.7 Å². The maximum Gasteiger partial charge on any atom is 0.300 e. The molecule has 0 radical (unpaired) electrons. The van der Waals surface area contributed by atoms with E-state index in [-0.39, 0.29) is 11.2 Å². The van der Waals surface area contributed by atoms with Crippen LogP contribution in [0, 0.1) is 10.1 Å². The fourth-order valence-corrected chi connectivity index (χ4v) is 1.74. The van der Waals surface area contributed by atoms with Gasteiger partial charge >= 0.3 is 5.69 Å². The van der Waals surface area contributed by atoms with Crippen molar-refractivity contribution in [1.29, 1.82) is 0 Å². The number of nitro groups is 1. The molecule has 0 aliphatic heterocycles. The van der Waals surface area contributed by atoms with Gasteiger partial charge < -0.3 is 15.7 Å². The number of fused-ring (bicyclic) bond motifs is 1. The largest absolute Gasteiger partial charge is 0.392 e. The summed E-state index contributed by atoms with van der Waals surface area (Å²) >= 11 is 0. The van der Waals surface area contributed by atoms with E-state index in [9.17, 15) is 10.1 Å². The van der Waals surface area contributed by atoms with E-state index in [1.807, 2.05) is 0 Å². The number of hydrogen-bond donors (Lipinski definition) is 3. The number of nitrogens with zero attached hydrogens (tertiary/aromatic N) is 3. The second-order valence-corrected chi connectivity index (χ2v) is 4.33. The van der Waals surface area contributed by atoms with E-state index in [0.717, 1.165) is 0 Å². The summed E-state index contributed by atoms with van der Waals surface area (Å²) in [5.74, 6) is 0. The average Bonchev–Trinajstić information content (AvgIpc) is 2.86. The molecule has 2 aromatic rings. The molecule has 0 amide bonds. The summed E-state index contributed by atoms with van der Waals surface area (Å²) in [6, 6.07) is 2.93. The topological polar surface area (TPSA) is 126 Å². The Labute approximate surface area is 114 Å². The molecule has 1 atom stereocenters. The van der Waals surface area contributed by atoms with Crippen LogP contribution in [0.1, 0.15) is 6.92 Å². The van der Waals surface area contributed by atoms with Crippen LogP contribution in [-0.2, 0) is 0 Å². The molecule has 1 unspecified atom stereocenters. The third-order valence-corrected chi connectivity index (χ3v) is 2.65. The van der Waals surface area contributed by atoms with E-state index < -0.39 is 11.0 Å². The van der Waals surface area contributed by atoms with Gasteiger partial charge in [-0.1, -0.05) is 0 Å². The molecule has 9 heteroatoms. The Morgan fingerprint density at radius 3 is 2.85 bits per heavy atom. The van der Waals surface area contributed by atoms with Crippen LogP contribution in [0.4, 0.5) is 11.4 Å². The smallest absolute Gasteiger partial charge is 0.300 e. The normalized spacial score (nSPS) is 12.5. The van der Waals surface area contributed by atoms with Gasteiger partial charge in [-0.3, -0.25) is 10.1 Å². The van der Waals surface area contributed by atoms with Gasteiger partial charge in [-0.25, -0.2) is 4.63 Å². The average molecular weight is 281 g/mol. The molecule has 1 aromatic carbocycles. The van der Waals surface area contributed by atoms with Crippen LogP contribution in [0.15, 0.2) is 16.8 Å². The highest BCUT2D eigenvalue weighted by molar-refractivity contribution is 5.93. The summed E-state index contributed by atoms with van der Waals surface area (Å²) in [6.07, 6.45) is -0.402. The quantitative estimate of drug-likeness (QED) is 0.381. The highest BCUT2D eigenvalue weighted by Crippen LogP contribution is 2.28. The molecule has 0 bridgehead atoms. The van der Waals surface area contributed by atoms with Gasteiger partial charge in [0.2, 0.25) is 5.52 Å². The van der Waals surface area contributed by atoms with Gasteiger partial charge in [0.15, 0.2) is 5.52 Å². The third-order valence-electron chi connectivity index (χ3n) is 2.65. The lowest BCUT2D eigenvalue weighted by molar-refractivity contribution is -0.383. The SMILES string of the molecule is CC(O)CNCCNc1ccc([N+](=O)[O-])c2nonc12. The number of aliphatic hydroxyl groups excluding tert-OH is 1. The van der Waals surface area contributed by atoms with Crippen LogP contribution in [0.3, 0.4) is 0 Å². The number of benzene rings is 1. The van der Waals surface area contributed by atoms with E-state index in [2.05, 4.69) is 25.6 Å². The Morgan fingerprint density at radius 1 is 1.40 bits per heavy atom. The Hall–Kier alpha value is -2.26. The minimum Gasteiger partial charge on any atom is -0.392 e. The fraction of sp³-hybridized carbons (Fsp3) is 0.455. The third kappa shape index (κ3) is 3.19. The predicted octanol–water partition coefficient (Wildman–Crippen LogP) is 0.513. The minimum absolute atomic E-state index is 0.122. The van der Waals surface area contributed by atoms with Crippen molar-refractivity contribution in [3.05, 3.63) is 22.2 Å². The second kappa shape index (κ2) is 6.26. The molecule has 0 fully saturated rings. The van der Waals surface area contributed by atoms with Crippen molar-refractivity contribution in [1.82, 2.24) is 15.6 Å². The molecule has 1 heterocycles. The molecular weight excluding hydrogens is 266 g/mol. The summed E-state index contributed by atoms with van der Waals surface area (Å²) in [6.45, 7) is 3.41. The van der Waals surface area contributed by atoms with Gasteiger partial charge in [-0.05, 0) is 23.3 Å².